The third kappa shape index (κ3) is 2.26. The van der Waals surface area contributed by atoms with Gasteiger partial charge in [0, 0.05) is 12.6 Å². The van der Waals surface area contributed by atoms with Gasteiger partial charge in [-0.1, -0.05) is 12.1 Å². The molecule has 3 heteroatoms. The summed E-state index contributed by atoms with van der Waals surface area (Å²) in [5.74, 6) is 0.859. The van der Waals surface area contributed by atoms with Crippen LogP contribution in [0.2, 0.25) is 0 Å². The fraction of sp³-hybridized carbons (Fsp3) is 0.625. The molecule has 3 rings (SSSR count). The van der Waals surface area contributed by atoms with Crippen LogP contribution in [-0.4, -0.2) is 35.2 Å². The van der Waals surface area contributed by atoms with Crippen LogP contribution < -0.4 is 4.74 Å². The second-order valence-corrected chi connectivity index (χ2v) is 6.06. The van der Waals surface area contributed by atoms with E-state index >= 15 is 0 Å². The van der Waals surface area contributed by atoms with Crippen LogP contribution in [0.4, 0.5) is 0 Å². The number of fused-ring (bicyclic) bond motifs is 1. The van der Waals surface area contributed by atoms with E-state index in [9.17, 15) is 5.11 Å². The average Bonchev–Trinajstić information content (AvgIpc) is 2.94. The van der Waals surface area contributed by atoms with Crippen molar-refractivity contribution in [3.05, 3.63) is 29.8 Å². The summed E-state index contributed by atoms with van der Waals surface area (Å²) in [7, 11) is 0. The molecule has 0 spiro atoms. The van der Waals surface area contributed by atoms with Gasteiger partial charge in [0.2, 0.25) is 0 Å². The van der Waals surface area contributed by atoms with Crippen molar-refractivity contribution in [2.75, 3.05) is 13.1 Å². The number of hydrogen-bond acceptors (Lipinski definition) is 3. The number of ether oxygens (including phenoxy) is 1. The maximum Gasteiger partial charge on any atom is 0.120 e. The van der Waals surface area contributed by atoms with Crippen molar-refractivity contribution in [1.82, 2.24) is 4.90 Å². The van der Waals surface area contributed by atoms with Crippen LogP contribution in [0.25, 0.3) is 0 Å². The molecule has 0 bridgehead atoms. The number of hydrogen-bond donors (Lipinski definition) is 1. The molecule has 0 radical (unpaired) electrons. The molecule has 0 aliphatic carbocycles. The lowest BCUT2D eigenvalue weighted by molar-refractivity contribution is 0.00910. The number of nitrogens with zero attached hydrogens (tertiary/aromatic N) is 1. The van der Waals surface area contributed by atoms with Gasteiger partial charge in [-0.2, -0.15) is 0 Å². The van der Waals surface area contributed by atoms with E-state index in [1.54, 1.807) is 0 Å². The molecule has 104 valence electrons. The second-order valence-electron chi connectivity index (χ2n) is 6.06. The normalized spacial score (nSPS) is 30.8. The summed E-state index contributed by atoms with van der Waals surface area (Å²) in [5.41, 5.74) is 0.326. The maximum absolute atomic E-state index is 11.1. The highest BCUT2D eigenvalue weighted by Gasteiger charge is 2.48. The van der Waals surface area contributed by atoms with Gasteiger partial charge in [-0.05, 0) is 57.4 Å². The molecular weight excluding hydrogens is 238 g/mol. The van der Waals surface area contributed by atoms with E-state index in [0.717, 1.165) is 37.2 Å². The third-order valence-electron chi connectivity index (χ3n) is 4.40. The molecule has 0 aromatic heterocycles. The minimum absolute atomic E-state index is 0.163. The fourth-order valence-corrected chi connectivity index (χ4v) is 3.56. The minimum Gasteiger partial charge on any atom is -0.491 e. The Labute approximate surface area is 115 Å². The Morgan fingerprint density at radius 1 is 1.37 bits per heavy atom. The Bertz CT molecular complexity index is 460. The van der Waals surface area contributed by atoms with E-state index in [4.69, 9.17) is 4.74 Å². The summed E-state index contributed by atoms with van der Waals surface area (Å²) in [6, 6.07) is 8.30. The van der Waals surface area contributed by atoms with E-state index in [1.807, 2.05) is 38.1 Å². The van der Waals surface area contributed by atoms with Crippen molar-refractivity contribution in [2.24, 2.45) is 0 Å². The highest BCUT2D eigenvalue weighted by Crippen LogP contribution is 2.43. The van der Waals surface area contributed by atoms with Gasteiger partial charge in [0.1, 0.15) is 11.4 Å². The Balaban J connectivity index is 1.88. The molecule has 2 heterocycles. The van der Waals surface area contributed by atoms with E-state index in [1.165, 1.54) is 6.42 Å². The quantitative estimate of drug-likeness (QED) is 0.907. The van der Waals surface area contributed by atoms with Gasteiger partial charge in [-0.3, -0.25) is 4.90 Å². The zero-order valence-corrected chi connectivity index (χ0v) is 11.8. The van der Waals surface area contributed by atoms with Gasteiger partial charge >= 0.3 is 0 Å². The van der Waals surface area contributed by atoms with Crippen LogP contribution in [0.5, 0.6) is 5.75 Å². The SMILES string of the molecule is CC(C)Oc1cccc(C2(O)CCN3CCCC32)c1. The van der Waals surface area contributed by atoms with Crippen LogP contribution in [0.15, 0.2) is 24.3 Å². The van der Waals surface area contributed by atoms with Crippen molar-refractivity contribution in [3.8, 4) is 5.75 Å². The largest absolute Gasteiger partial charge is 0.491 e. The molecule has 2 fully saturated rings. The Morgan fingerprint density at radius 2 is 2.21 bits per heavy atom. The first-order valence-electron chi connectivity index (χ1n) is 7.33. The second kappa shape index (κ2) is 4.80. The highest BCUT2D eigenvalue weighted by atomic mass is 16.5. The lowest BCUT2D eigenvalue weighted by Crippen LogP contribution is -2.38. The minimum atomic E-state index is -0.688. The van der Waals surface area contributed by atoms with E-state index < -0.39 is 5.60 Å². The molecular formula is C16H23NO2. The molecule has 2 saturated heterocycles. The van der Waals surface area contributed by atoms with Gasteiger partial charge in [0.25, 0.3) is 0 Å². The third-order valence-corrected chi connectivity index (χ3v) is 4.40. The molecule has 3 nitrogen and oxygen atoms in total. The first-order valence-corrected chi connectivity index (χ1v) is 7.33. The zero-order chi connectivity index (χ0) is 13.5. The molecule has 2 aliphatic heterocycles. The first kappa shape index (κ1) is 12.9. The summed E-state index contributed by atoms with van der Waals surface area (Å²) >= 11 is 0. The maximum atomic E-state index is 11.1. The van der Waals surface area contributed by atoms with Crippen LogP contribution >= 0.6 is 0 Å². The zero-order valence-electron chi connectivity index (χ0n) is 11.8. The smallest absolute Gasteiger partial charge is 0.120 e. The standard InChI is InChI=1S/C16H23NO2/c1-12(2)19-14-6-3-5-13(11-14)16(18)8-10-17-9-4-7-15(16)17/h3,5-6,11-12,15,18H,4,7-10H2,1-2H3. The topological polar surface area (TPSA) is 32.7 Å². The summed E-state index contributed by atoms with van der Waals surface area (Å²) in [6.07, 6.45) is 3.31. The Kier molecular flexibility index (Phi) is 3.27. The molecule has 1 N–H and O–H groups in total. The average molecular weight is 261 g/mol. The predicted octanol–water partition coefficient (Wildman–Crippen LogP) is 2.53. The van der Waals surface area contributed by atoms with E-state index in [0.29, 0.717) is 6.04 Å². The summed E-state index contributed by atoms with van der Waals surface area (Å²) in [6.45, 7) is 6.19. The van der Waals surface area contributed by atoms with Crippen LogP contribution in [0.3, 0.4) is 0 Å². The van der Waals surface area contributed by atoms with Gasteiger partial charge in [-0.25, -0.2) is 0 Å². The molecule has 19 heavy (non-hydrogen) atoms. The van der Waals surface area contributed by atoms with Crippen molar-refractivity contribution in [2.45, 2.75) is 50.9 Å². The fourth-order valence-electron chi connectivity index (χ4n) is 3.56. The molecule has 0 amide bonds. The molecule has 2 unspecified atom stereocenters. The Hall–Kier alpha value is -1.06. The molecule has 2 atom stereocenters. The Morgan fingerprint density at radius 3 is 3.00 bits per heavy atom. The lowest BCUT2D eigenvalue weighted by atomic mass is 9.85. The van der Waals surface area contributed by atoms with Crippen LogP contribution in [-0.2, 0) is 5.60 Å². The van der Waals surface area contributed by atoms with Gasteiger partial charge in [0.05, 0.1) is 6.10 Å². The van der Waals surface area contributed by atoms with E-state index in [2.05, 4.69) is 4.90 Å². The van der Waals surface area contributed by atoms with Crippen molar-refractivity contribution in [3.63, 3.8) is 0 Å². The van der Waals surface area contributed by atoms with Gasteiger partial charge in [-0.15, -0.1) is 0 Å². The number of benzene rings is 1. The summed E-state index contributed by atoms with van der Waals surface area (Å²) in [5, 5.41) is 11.1. The molecule has 1 aromatic carbocycles. The van der Waals surface area contributed by atoms with Gasteiger partial charge < -0.3 is 9.84 Å². The van der Waals surface area contributed by atoms with Crippen LogP contribution in [0.1, 0.15) is 38.7 Å². The lowest BCUT2D eigenvalue weighted by Gasteiger charge is -2.30. The molecule has 2 aliphatic rings. The number of aliphatic hydroxyl groups is 1. The molecule has 0 saturated carbocycles. The summed E-state index contributed by atoms with van der Waals surface area (Å²) < 4.78 is 5.75. The monoisotopic (exact) mass is 261 g/mol. The van der Waals surface area contributed by atoms with Crippen molar-refractivity contribution >= 4 is 0 Å². The highest BCUT2D eigenvalue weighted by molar-refractivity contribution is 5.35. The first-order chi connectivity index (χ1) is 9.09. The van der Waals surface area contributed by atoms with Crippen molar-refractivity contribution < 1.29 is 9.84 Å². The van der Waals surface area contributed by atoms with Crippen molar-refractivity contribution in [1.29, 1.82) is 0 Å². The van der Waals surface area contributed by atoms with E-state index in [-0.39, 0.29) is 6.10 Å². The number of rotatable bonds is 3. The van der Waals surface area contributed by atoms with Gasteiger partial charge in [0.15, 0.2) is 0 Å². The molecule has 1 aromatic rings. The van der Waals surface area contributed by atoms with Crippen LogP contribution in [0, 0.1) is 0 Å². The summed E-state index contributed by atoms with van der Waals surface area (Å²) in [4.78, 5) is 2.43. The predicted molar refractivity (Wildman–Crippen MR) is 75.3 cm³/mol.